The molecule has 4 nitrogen and oxygen atoms in total. The van der Waals surface area contributed by atoms with E-state index in [1.54, 1.807) is 0 Å². The zero-order chi connectivity index (χ0) is 14.5. The summed E-state index contributed by atoms with van der Waals surface area (Å²) in [5.41, 5.74) is -0.657. The van der Waals surface area contributed by atoms with Gasteiger partial charge in [0.2, 0.25) is 11.8 Å². The van der Waals surface area contributed by atoms with Crippen LogP contribution in [0, 0.1) is 11.8 Å². The molecule has 0 radical (unpaired) electrons. The van der Waals surface area contributed by atoms with Crippen LogP contribution in [-0.4, -0.2) is 45.8 Å². The summed E-state index contributed by atoms with van der Waals surface area (Å²) in [4.78, 5) is 27.6. The number of amides is 2. The van der Waals surface area contributed by atoms with Gasteiger partial charge in [0.25, 0.3) is 0 Å². The lowest BCUT2D eigenvalue weighted by atomic mass is 9.85. The standard InChI is InChI=1S/C15H24N2O2S/c1-9(2)12-13(18)16-15(3,10-4-5-10)14(19)17(12)11-6-7-20-8-11/h9-12H,4-8H2,1-3H3,(H,16,18). The highest BCUT2D eigenvalue weighted by Gasteiger charge is 2.57. The van der Waals surface area contributed by atoms with Gasteiger partial charge in [0.05, 0.1) is 0 Å². The molecule has 5 heteroatoms. The third-order valence-electron chi connectivity index (χ3n) is 4.95. The Morgan fingerprint density at radius 1 is 1.30 bits per heavy atom. The molecule has 2 heterocycles. The van der Waals surface area contributed by atoms with Crippen LogP contribution >= 0.6 is 11.8 Å². The van der Waals surface area contributed by atoms with E-state index in [0.29, 0.717) is 5.92 Å². The average molecular weight is 296 g/mol. The Hall–Kier alpha value is -0.710. The fourth-order valence-electron chi connectivity index (χ4n) is 3.60. The molecule has 3 rings (SSSR count). The first-order valence-electron chi connectivity index (χ1n) is 7.67. The minimum Gasteiger partial charge on any atom is -0.340 e. The average Bonchev–Trinajstić information content (AvgIpc) is 3.10. The van der Waals surface area contributed by atoms with E-state index in [4.69, 9.17) is 0 Å². The van der Waals surface area contributed by atoms with Crippen LogP contribution in [0.2, 0.25) is 0 Å². The molecule has 3 unspecified atom stereocenters. The smallest absolute Gasteiger partial charge is 0.249 e. The summed E-state index contributed by atoms with van der Waals surface area (Å²) in [6, 6.07) is -0.0537. The summed E-state index contributed by atoms with van der Waals surface area (Å²) >= 11 is 1.89. The van der Waals surface area contributed by atoms with Gasteiger partial charge in [0.1, 0.15) is 11.6 Å². The maximum Gasteiger partial charge on any atom is 0.249 e. The van der Waals surface area contributed by atoms with Crippen LogP contribution in [0.5, 0.6) is 0 Å². The molecular formula is C15H24N2O2S. The monoisotopic (exact) mass is 296 g/mol. The molecule has 3 atom stereocenters. The van der Waals surface area contributed by atoms with Crippen LogP contribution in [0.15, 0.2) is 0 Å². The van der Waals surface area contributed by atoms with E-state index < -0.39 is 5.54 Å². The quantitative estimate of drug-likeness (QED) is 0.861. The summed E-state index contributed by atoms with van der Waals surface area (Å²) in [6.45, 7) is 6.00. The van der Waals surface area contributed by atoms with Crippen molar-refractivity contribution in [2.45, 2.75) is 57.7 Å². The summed E-state index contributed by atoms with van der Waals surface area (Å²) in [6.07, 6.45) is 3.14. The third-order valence-corrected chi connectivity index (χ3v) is 6.10. The molecule has 0 spiro atoms. The van der Waals surface area contributed by atoms with Gasteiger partial charge >= 0.3 is 0 Å². The second-order valence-corrected chi connectivity index (χ2v) is 8.03. The van der Waals surface area contributed by atoms with Gasteiger partial charge in [-0.2, -0.15) is 11.8 Å². The zero-order valence-corrected chi connectivity index (χ0v) is 13.3. The predicted molar refractivity (Wildman–Crippen MR) is 80.5 cm³/mol. The zero-order valence-electron chi connectivity index (χ0n) is 12.5. The first-order valence-corrected chi connectivity index (χ1v) is 8.83. The fourth-order valence-corrected chi connectivity index (χ4v) is 4.80. The number of nitrogens with zero attached hydrogens (tertiary/aromatic N) is 1. The van der Waals surface area contributed by atoms with E-state index in [0.717, 1.165) is 30.8 Å². The molecular weight excluding hydrogens is 272 g/mol. The van der Waals surface area contributed by atoms with Crippen LogP contribution in [0.25, 0.3) is 0 Å². The topological polar surface area (TPSA) is 49.4 Å². The maximum atomic E-state index is 13.1. The second-order valence-electron chi connectivity index (χ2n) is 6.88. The lowest BCUT2D eigenvalue weighted by Gasteiger charge is -2.48. The van der Waals surface area contributed by atoms with Crippen molar-refractivity contribution in [2.75, 3.05) is 11.5 Å². The van der Waals surface area contributed by atoms with Crippen LogP contribution in [0.1, 0.15) is 40.0 Å². The van der Waals surface area contributed by atoms with Crippen LogP contribution in [-0.2, 0) is 9.59 Å². The molecule has 20 heavy (non-hydrogen) atoms. The van der Waals surface area contributed by atoms with E-state index in [1.165, 1.54) is 0 Å². The summed E-state index contributed by atoms with van der Waals surface area (Å²) in [5, 5.41) is 3.05. The Morgan fingerprint density at radius 2 is 2.00 bits per heavy atom. The molecule has 0 aromatic carbocycles. The maximum absolute atomic E-state index is 13.1. The Bertz CT molecular complexity index is 430. The van der Waals surface area contributed by atoms with Crippen molar-refractivity contribution >= 4 is 23.6 Å². The van der Waals surface area contributed by atoms with Crippen molar-refractivity contribution in [3.63, 3.8) is 0 Å². The van der Waals surface area contributed by atoms with Gasteiger partial charge in [0, 0.05) is 11.8 Å². The lowest BCUT2D eigenvalue weighted by molar-refractivity contribution is -0.159. The number of carbonyl (C=O) groups is 2. The highest BCUT2D eigenvalue weighted by molar-refractivity contribution is 7.99. The van der Waals surface area contributed by atoms with Crippen molar-refractivity contribution < 1.29 is 9.59 Å². The Kier molecular flexibility index (Phi) is 3.51. The van der Waals surface area contributed by atoms with E-state index in [9.17, 15) is 9.59 Å². The Labute approximate surface area is 125 Å². The first kappa shape index (κ1) is 14.2. The van der Waals surface area contributed by atoms with Gasteiger partial charge in [-0.25, -0.2) is 0 Å². The largest absolute Gasteiger partial charge is 0.340 e. The van der Waals surface area contributed by atoms with Crippen LogP contribution in [0.4, 0.5) is 0 Å². The van der Waals surface area contributed by atoms with Gasteiger partial charge in [-0.05, 0) is 43.8 Å². The number of hydrogen-bond acceptors (Lipinski definition) is 3. The molecule has 1 aliphatic carbocycles. The van der Waals surface area contributed by atoms with E-state index in [1.807, 2.05) is 37.4 Å². The summed E-state index contributed by atoms with van der Waals surface area (Å²) < 4.78 is 0. The molecule has 3 fully saturated rings. The minimum atomic E-state index is -0.657. The van der Waals surface area contributed by atoms with E-state index >= 15 is 0 Å². The molecule has 0 aromatic rings. The Balaban J connectivity index is 1.94. The number of carbonyl (C=O) groups excluding carboxylic acids is 2. The first-order chi connectivity index (χ1) is 9.45. The van der Waals surface area contributed by atoms with Crippen LogP contribution in [0.3, 0.4) is 0 Å². The SMILES string of the molecule is CC(C)C1C(=O)NC(C)(C2CC2)C(=O)N1C1CCSC1. The van der Waals surface area contributed by atoms with Crippen molar-refractivity contribution in [2.24, 2.45) is 11.8 Å². The van der Waals surface area contributed by atoms with Gasteiger partial charge in [-0.3, -0.25) is 9.59 Å². The number of nitrogens with one attached hydrogen (secondary N) is 1. The molecule has 3 aliphatic rings. The van der Waals surface area contributed by atoms with Gasteiger partial charge < -0.3 is 10.2 Å². The lowest BCUT2D eigenvalue weighted by Crippen LogP contribution is -2.73. The molecule has 0 aromatic heterocycles. The van der Waals surface area contributed by atoms with Crippen LogP contribution < -0.4 is 5.32 Å². The summed E-state index contributed by atoms with van der Waals surface area (Å²) in [7, 11) is 0. The Morgan fingerprint density at radius 3 is 2.50 bits per heavy atom. The number of hydrogen-bond donors (Lipinski definition) is 1. The highest BCUT2D eigenvalue weighted by atomic mass is 32.2. The van der Waals surface area contributed by atoms with E-state index in [2.05, 4.69) is 5.32 Å². The number of thioether (sulfide) groups is 1. The third kappa shape index (κ3) is 2.14. The molecule has 2 amide bonds. The van der Waals surface area contributed by atoms with E-state index in [-0.39, 0.29) is 29.8 Å². The number of piperazine rings is 1. The molecule has 2 aliphatic heterocycles. The summed E-state index contributed by atoms with van der Waals surface area (Å²) in [5.74, 6) is 2.78. The molecule has 112 valence electrons. The predicted octanol–water partition coefficient (Wildman–Crippen LogP) is 1.64. The fraction of sp³-hybridized carbons (Fsp3) is 0.867. The molecule has 1 N–H and O–H groups in total. The van der Waals surface area contributed by atoms with Crippen molar-refractivity contribution in [1.82, 2.24) is 10.2 Å². The minimum absolute atomic E-state index is 0.0471. The van der Waals surface area contributed by atoms with Gasteiger partial charge in [-0.1, -0.05) is 13.8 Å². The highest BCUT2D eigenvalue weighted by Crippen LogP contribution is 2.43. The van der Waals surface area contributed by atoms with Crippen molar-refractivity contribution in [1.29, 1.82) is 0 Å². The molecule has 1 saturated carbocycles. The normalized spacial score (nSPS) is 38.5. The molecule has 2 saturated heterocycles. The second kappa shape index (κ2) is 4.93. The molecule has 0 bridgehead atoms. The van der Waals surface area contributed by atoms with Gasteiger partial charge in [0.15, 0.2) is 0 Å². The number of rotatable bonds is 3. The van der Waals surface area contributed by atoms with Gasteiger partial charge in [-0.15, -0.1) is 0 Å². The van der Waals surface area contributed by atoms with Crippen molar-refractivity contribution in [3.05, 3.63) is 0 Å². The van der Waals surface area contributed by atoms with Crippen molar-refractivity contribution in [3.8, 4) is 0 Å².